The van der Waals surface area contributed by atoms with Gasteiger partial charge in [-0.2, -0.15) is 0 Å². The highest BCUT2D eigenvalue weighted by Crippen LogP contribution is 2.43. The lowest BCUT2D eigenvalue weighted by atomic mass is 9.86. The first kappa shape index (κ1) is 14.1. The third-order valence-electron chi connectivity index (χ3n) is 4.88. The van der Waals surface area contributed by atoms with E-state index >= 15 is 0 Å². The number of rotatable bonds is 8. The summed E-state index contributed by atoms with van der Waals surface area (Å²) in [5.41, 5.74) is 0.475. The third-order valence-corrected chi connectivity index (χ3v) is 4.88. The van der Waals surface area contributed by atoms with E-state index in [-0.39, 0.29) is 0 Å². The fraction of sp³-hybridized carbons (Fsp3) is 0.882. The Balaban J connectivity index is 1.61. The molecule has 0 spiro atoms. The second-order valence-corrected chi connectivity index (χ2v) is 7.29. The van der Waals surface area contributed by atoms with Crippen LogP contribution in [0.3, 0.4) is 0 Å². The predicted molar refractivity (Wildman–Crippen MR) is 79.6 cm³/mol. The molecule has 0 aromatic rings. The van der Waals surface area contributed by atoms with Crippen molar-refractivity contribution in [2.45, 2.75) is 59.3 Å². The van der Waals surface area contributed by atoms with Gasteiger partial charge in [0.1, 0.15) is 0 Å². The second-order valence-electron chi connectivity index (χ2n) is 7.29. The van der Waals surface area contributed by atoms with Crippen molar-refractivity contribution in [3.63, 3.8) is 0 Å². The van der Waals surface area contributed by atoms with E-state index in [1.165, 1.54) is 51.6 Å². The molecule has 0 radical (unpaired) electrons. The lowest BCUT2D eigenvalue weighted by Crippen LogP contribution is -2.34. The van der Waals surface area contributed by atoms with Gasteiger partial charge in [0.2, 0.25) is 0 Å². The van der Waals surface area contributed by atoms with Crippen LogP contribution in [0.25, 0.3) is 0 Å². The van der Waals surface area contributed by atoms with Crippen LogP contribution in [0.2, 0.25) is 0 Å². The largest absolute Gasteiger partial charge is 0.316 e. The Hall–Kier alpha value is -0.300. The molecule has 1 saturated carbocycles. The van der Waals surface area contributed by atoms with E-state index in [1.54, 1.807) is 0 Å². The monoisotopic (exact) mass is 249 g/mol. The molecule has 0 aliphatic heterocycles. The second kappa shape index (κ2) is 6.23. The van der Waals surface area contributed by atoms with E-state index in [0.717, 1.165) is 17.8 Å². The van der Waals surface area contributed by atoms with E-state index in [4.69, 9.17) is 0 Å². The third kappa shape index (κ3) is 3.85. The Bertz CT molecular complexity index is 279. The van der Waals surface area contributed by atoms with Crippen molar-refractivity contribution in [3.8, 4) is 0 Å². The van der Waals surface area contributed by atoms with E-state index in [2.05, 4.69) is 38.2 Å². The van der Waals surface area contributed by atoms with Crippen LogP contribution in [0, 0.1) is 23.2 Å². The van der Waals surface area contributed by atoms with E-state index < -0.39 is 0 Å². The first-order chi connectivity index (χ1) is 8.61. The van der Waals surface area contributed by atoms with Gasteiger partial charge in [0.15, 0.2) is 0 Å². The average molecular weight is 249 g/mol. The van der Waals surface area contributed by atoms with Crippen LogP contribution in [-0.4, -0.2) is 13.1 Å². The molecule has 3 unspecified atom stereocenters. The molecule has 1 N–H and O–H groups in total. The van der Waals surface area contributed by atoms with Crippen LogP contribution in [0.15, 0.2) is 12.2 Å². The minimum atomic E-state index is 0.475. The Labute approximate surface area is 113 Å². The summed E-state index contributed by atoms with van der Waals surface area (Å²) >= 11 is 0. The van der Waals surface area contributed by atoms with Crippen LogP contribution in [-0.2, 0) is 0 Å². The summed E-state index contributed by atoms with van der Waals surface area (Å²) in [5, 5.41) is 3.75. The van der Waals surface area contributed by atoms with Gasteiger partial charge < -0.3 is 5.32 Å². The lowest BCUT2D eigenvalue weighted by Gasteiger charge is -2.27. The molecule has 1 heteroatoms. The van der Waals surface area contributed by atoms with Crippen molar-refractivity contribution < 1.29 is 0 Å². The van der Waals surface area contributed by atoms with Crippen molar-refractivity contribution in [3.05, 3.63) is 12.2 Å². The smallest absolute Gasteiger partial charge is 0.000264 e. The standard InChI is InChI=1S/C17H31N/c1-4-5-6-9-17(2,3)13-18-12-16-11-14-7-8-15(16)10-14/h7-8,14-16,18H,4-6,9-13H2,1-3H3. The summed E-state index contributed by atoms with van der Waals surface area (Å²) in [5.74, 6) is 2.73. The Morgan fingerprint density at radius 3 is 2.61 bits per heavy atom. The Morgan fingerprint density at radius 2 is 2.00 bits per heavy atom. The SMILES string of the molecule is CCCCCC(C)(C)CNCC1CC2C=CC1C2. The normalized spacial score (nSPS) is 30.3. The minimum Gasteiger partial charge on any atom is -0.316 e. The number of nitrogens with one attached hydrogen (secondary N) is 1. The van der Waals surface area contributed by atoms with Gasteiger partial charge in [0.25, 0.3) is 0 Å². The summed E-state index contributed by atoms with van der Waals surface area (Å²) in [4.78, 5) is 0. The first-order valence-electron chi connectivity index (χ1n) is 8.00. The highest BCUT2D eigenvalue weighted by molar-refractivity contribution is 5.10. The first-order valence-corrected chi connectivity index (χ1v) is 8.00. The predicted octanol–water partition coefficient (Wildman–Crippen LogP) is 4.39. The molecular weight excluding hydrogens is 218 g/mol. The number of hydrogen-bond donors (Lipinski definition) is 1. The molecule has 0 amide bonds. The molecule has 104 valence electrons. The molecule has 1 nitrogen and oxygen atoms in total. The van der Waals surface area contributed by atoms with Crippen LogP contribution < -0.4 is 5.32 Å². The summed E-state index contributed by atoms with van der Waals surface area (Å²) in [6, 6.07) is 0. The lowest BCUT2D eigenvalue weighted by molar-refractivity contribution is 0.287. The minimum absolute atomic E-state index is 0.475. The summed E-state index contributed by atoms with van der Waals surface area (Å²) < 4.78 is 0. The molecule has 2 aliphatic rings. The molecule has 3 atom stereocenters. The van der Waals surface area contributed by atoms with Gasteiger partial charge in [0.05, 0.1) is 0 Å². The van der Waals surface area contributed by atoms with Crippen molar-refractivity contribution in [2.24, 2.45) is 23.2 Å². The van der Waals surface area contributed by atoms with Crippen molar-refractivity contribution in [1.29, 1.82) is 0 Å². The average Bonchev–Trinajstić information content (AvgIpc) is 2.91. The van der Waals surface area contributed by atoms with Gasteiger partial charge in [-0.25, -0.2) is 0 Å². The molecule has 2 bridgehead atoms. The van der Waals surface area contributed by atoms with E-state index in [0.29, 0.717) is 5.41 Å². The van der Waals surface area contributed by atoms with Crippen LogP contribution in [0.5, 0.6) is 0 Å². The van der Waals surface area contributed by atoms with Gasteiger partial charge in [-0.3, -0.25) is 0 Å². The van der Waals surface area contributed by atoms with E-state index in [1.807, 2.05) is 0 Å². The molecular formula is C17H31N. The molecule has 0 aromatic carbocycles. The molecule has 0 heterocycles. The molecule has 1 fully saturated rings. The van der Waals surface area contributed by atoms with Gasteiger partial charge in [-0.05, 0) is 49.0 Å². The van der Waals surface area contributed by atoms with Gasteiger partial charge in [-0.1, -0.05) is 52.2 Å². The number of unbranched alkanes of at least 4 members (excludes halogenated alkanes) is 2. The summed E-state index contributed by atoms with van der Waals surface area (Å²) in [6.45, 7) is 9.54. The number of hydrogen-bond acceptors (Lipinski definition) is 1. The highest BCUT2D eigenvalue weighted by atomic mass is 14.9. The quantitative estimate of drug-likeness (QED) is 0.497. The van der Waals surface area contributed by atoms with Crippen molar-refractivity contribution in [1.82, 2.24) is 5.32 Å². The zero-order valence-corrected chi connectivity index (χ0v) is 12.5. The van der Waals surface area contributed by atoms with Crippen LogP contribution >= 0.6 is 0 Å². The maximum Gasteiger partial charge on any atom is 0.000264 e. The topological polar surface area (TPSA) is 12.0 Å². The zero-order valence-electron chi connectivity index (χ0n) is 12.5. The zero-order chi connectivity index (χ0) is 13.0. The fourth-order valence-corrected chi connectivity index (χ4v) is 3.67. The maximum atomic E-state index is 3.75. The molecule has 0 saturated heterocycles. The van der Waals surface area contributed by atoms with Crippen LogP contribution in [0.1, 0.15) is 59.3 Å². The molecule has 2 aliphatic carbocycles. The fourth-order valence-electron chi connectivity index (χ4n) is 3.67. The Morgan fingerprint density at radius 1 is 1.17 bits per heavy atom. The number of allylic oxidation sites excluding steroid dienone is 2. The van der Waals surface area contributed by atoms with Gasteiger partial charge in [0, 0.05) is 6.54 Å². The summed E-state index contributed by atoms with van der Waals surface area (Å²) in [7, 11) is 0. The summed E-state index contributed by atoms with van der Waals surface area (Å²) in [6.07, 6.45) is 13.3. The number of fused-ring (bicyclic) bond motifs is 2. The van der Waals surface area contributed by atoms with Gasteiger partial charge in [-0.15, -0.1) is 0 Å². The van der Waals surface area contributed by atoms with Gasteiger partial charge >= 0.3 is 0 Å². The van der Waals surface area contributed by atoms with E-state index in [9.17, 15) is 0 Å². The Kier molecular flexibility index (Phi) is 4.89. The molecule has 2 rings (SSSR count). The maximum absolute atomic E-state index is 3.75. The highest BCUT2D eigenvalue weighted by Gasteiger charge is 2.35. The molecule has 18 heavy (non-hydrogen) atoms. The molecule has 0 aromatic heterocycles. The van der Waals surface area contributed by atoms with Crippen molar-refractivity contribution in [2.75, 3.05) is 13.1 Å². The van der Waals surface area contributed by atoms with Crippen molar-refractivity contribution >= 4 is 0 Å². The van der Waals surface area contributed by atoms with Crippen LogP contribution in [0.4, 0.5) is 0 Å².